The van der Waals surface area contributed by atoms with Crippen molar-refractivity contribution in [2.75, 3.05) is 6.54 Å². The molecule has 6 nitrogen and oxygen atoms in total. The zero-order valence-corrected chi connectivity index (χ0v) is 8.36. The van der Waals surface area contributed by atoms with E-state index in [1.54, 1.807) is 0 Å². The molecule has 84 valence electrons. The van der Waals surface area contributed by atoms with Crippen molar-refractivity contribution < 1.29 is 24.2 Å². The number of aliphatic carboxylic acids is 1. The number of nitrogens with one attached hydrogen (secondary N) is 1. The van der Waals surface area contributed by atoms with Crippen LogP contribution in [0.1, 0.15) is 6.92 Å². The molecule has 0 aliphatic carbocycles. The molecule has 0 aliphatic heterocycles. The number of carboxylic acids is 1. The maximum absolute atomic E-state index is 10.2. The third-order valence-corrected chi connectivity index (χ3v) is 0.849. The molecule has 0 spiro atoms. The number of amides is 1. The van der Waals surface area contributed by atoms with Gasteiger partial charge in [-0.2, -0.15) is 0 Å². The van der Waals surface area contributed by atoms with Gasteiger partial charge in [-0.1, -0.05) is 13.2 Å². The van der Waals surface area contributed by atoms with Crippen LogP contribution in [0.5, 0.6) is 0 Å². The molecule has 0 rings (SSSR count). The minimum atomic E-state index is -1.06. The summed E-state index contributed by atoms with van der Waals surface area (Å²) >= 11 is 0. The minimum Gasteiger partial charge on any atom is -0.480 e. The summed E-state index contributed by atoms with van der Waals surface area (Å²) in [6, 6.07) is 0. The van der Waals surface area contributed by atoms with Crippen molar-refractivity contribution >= 4 is 17.8 Å². The maximum atomic E-state index is 10.2. The van der Waals surface area contributed by atoms with E-state index in [-0.39, 0.29) is 12.5 Å². The Hall–Kier alpha value is -2.11. The summed E-state index contributed by atoms with van der Waals surface area (Å²) in [7, 11) is 0. The van der Waals surface area contributed by atoms with E-state index >= 15 is 0 Å². The number of hydrogen-bond acceptors (Lipinski definition) is 4. The van der Waals surface area contributed by atoms with Crippen LogP contribution in [0.3, 0.4) is 0 Å². The molecule has 15 heavy (non-hydrogen) atoms. The van der Waals surface area contributed by atoms with Crippen LogP contribution in [0.4, 0.5) is 0 Å². The first-order valence-corrected chi connectivity index (χ1v) is 3.84. The van der Waals surface area contributed by atoms with E-state index in [1.165, 1.54) is 6.92 Å². The van der Waals surface area contributed by atoms with Crippen molar-refractivity contribution in [3.8, 4) is 0 Å². The van der Waals surface area contributed by atoms with Crippen molar-refractivity contribution in [3.05, 3.63) is 25.5 Å². The van der Waals surface area contributed by atoms with Gasteiger partial charge in [0.2, 0.25) is 5.91 Å². The van der Waals surface area contributed by atoms with Crippen molar-refractivity contribution in [1.29, 1.82) is 0 Å². The highest BCUT2D eigenvalue weighted by Crippen LogP contribution is 1.70. The Morgan fingerprint density at radius 1 is 1.40 bits per heavy atom. The summed E-state index contributed by atoms with van der Waals surface area (Å²) in [5, 5.41) is 10.1. The minimum absolute atomic E-state index is 0.329. The quantitative estimate of drug-likeness (QED) is 0.393. The molecule has 0 aromatic carbocycles. The molecule has 6 heteroatoms. The molecule has 0 aliphatic rings. The van der Waals surface area contributed by atoms with Crippen LogP contribution < -0.4 is 5.32 Å². The van der Waals surface area contributed by atoms with E-state index in [1.807, 2.05) is 0 Å². The zero-order valence-electron chi connectivity index (χ0n) is 8.36. The molecule has 0 atom stereocenters. The number of esters is 1. The van der Waals surface area contributed by atoms with Crippen LogP contribution in [0, 0.1) is 0 Å². The molecule has 0 unspecified atom stereocenters. The van der Waals surface area contributed by atoms with Gasteiger partial charge in [0.1, 0.15) is 6.54 Å². The van der Waals surface area contributed by atoms with Gasteiger partial charge in [0.05, 0.1) is 6.26 Å². The molecule has 1 amide bonds. The molecule has 0 heterocycles. The van der Waals surface area contributed by atoms with Gasteiger partial charge in [-0.25, -0.2) is 0 Å². The molecule has 0 radical (unpaired) electrons. The van der Waals surface area contributed by atoms with E-state index in [2.05, 4.69) is 23.2 Å². The summed E-state index contributed by atoms with van der Waals surface area (Å²) in [6.45, 7) is 7.26. The first-order valence-electron chi connectivity index (χ1n) is 3.84. The Balaban J connectivity index is 0. The number of carbonyl (C=O) groups excluding carboxylic acids is 2. The normalized spacial score (nSPS) is 7.53. The van der Waals surface area contributed by atoms with Crippen molar-refractivity contribution in [2.45, 2.75) is 6.92 Å². The second kappa shape index (κ2) is 9.97. The highest BCUT2D eigenvalue weighted by Gasteiger charge is 1.96. The van der Waals surface area contributed by atoms with Crippen LogP contribution in [-0.2, 0) is 19.1 Å². The smallest absolute Gasteiger partial charge is 0.322 e. The van der Waals surface area contributed by atoms with Gasteiger partial charge in [-0.3, -0.25) is 14.4 Å². The summed E-state index contributed by atoms with van der Waals surface area (Å²) in [4.78, 5) is 29.7. The van der Waals surface area contributed by atoms with Crippen molar-refractivity contribution in [2.24, 2.45) is 0 Å². The average Bonchev–Trinajstić information content (AvgIpc) is 2.14. The highest BCUT2D eigenvalue weighted by atomic mass is 16.5. The molecule has 0 bridgehead atoms. The predicted molar refractivity (Wildman–Crippen MR) is 52.8 cm³/mol. The van der Waals surface area contributed by atoms with Gasteiger partial charge in [-0.05, 0) is 6.08 Å². The van der Waals surface area contributed by atoms with Crippen molar-refractivity contribution in [3.63, 3.8) is 0 Å². The van der Waals surface area contributed by atoms with Gasteiger partial charge in [0.15, 0.2) is 0 Å². The van der Waals surface area contributed by atoms with Crippen LogP contribution in [0.2, 0.25) is 0 Å². The highest BCUT2D eigenvalue weighted by molar-refractivity contribution is 5.89. The summed E-state index contributed by atoms with van der Waals surface area (Å²) in [5.41, 5.74) is 0. The topological polar surface area (TPSA) is 92.7 Å². The molecule has 0 saturated heterocycles. The van der Waals surface area contributed by atoms with E-state index in [0.29, 0.717) is 0 Å². The van der Waals surface area contributed by atoms with Crippen LogP contribution in [0.15, 0.2) is 25.5 Å². The predicted octanol–water partition coefficient (Wildman–Crippen LogP) is 0.0662. The van der Waals surface area contributed by atoms with Gasteiger partial charge in [0.25, 0.3) is 0 Å². The number of hydrogen-bond donors (Lipinski definition) is 2. The molecule has 0 aromatic rings. The average molecular weight is 215 g/mol. The lowest BCUT2D eigenvalue weighted by Gasteiger charge is -1.93. The third kappa shape index (κ3) is 18.7. The van der Waals surface area contributed by atoms with Gasteiger partial charge < -0.3 is 15.2 Å². The Labute approximate surface area is 87.2 Å². The molecular formula is C9H13NO5. The first kappa shape index (κ1) is 15.4. The fourth-order valence-electron chi connectivity index (χ4n) is 0.352. The van der Waals surface area contributed by atoms with Crippen LogP contribution in [0.25, 0.3) is 0 Å². The Bertz CT molecular complexity index is 259. The fourth-order valence-corrected chi connectivity index (χ4v) is 0.352. The van der Waals surface area contributed by atoms with Gasteiger partial charge >= 0.3 is 11.9 Å². The molecular weight excluding hydrogens is 202 g/mol. The van der Waals surface area contributed by atoms with E-state index < -0.39 is 11.9 Å². The second-order valence-electron chi connectivity index (χ2n) is 2.09. The van der Waals surface area contributed by atoms with Crippen LogP contribution in [-0.4, -0.2) is 29.5 Å². The number of ether oxygens (including phenoxy) is 1. The Morgan fingerprint density at radius 2 is 1.93 bits per heavy atom. The number of carbonyl (C=O) groups is 3. The number of carboxylic acid groups (broad SMARTS) is 1. The standard InChI is InChI=1S/C5H7NO3.C4H6O2/c1-2-4(7)6-3-5(8)9;1-3-6-4(2)5/h2H,1,3H2,(H,6,7)(H,8,9);3H,1H2,2H3. The van der Waals surface area contributed by atoms with E-state index in [4.69, 9.17) is 5.11 Å². The van der Waals surface area contributed by atoms with Gasteiger partial charge in [0, 0.05) is 6.92 Å². The SMILES string of the molecule is C=CC(=O)NCC(=O)O.C=COC(C)=O. The lowest BCUT2D eigenvalue weighted by molar-refractivity contribution is -0.137. The maximum Gasteiger partial charge on any atom is 0.322 e. The summed E-state index contributed by atoms with van der Waals surface area (Å²) < 4.78 is 4.17. The lowest BCUT2D eigenvalue weighted by atomic mass is 10.5. The monoisotopic (exact) mass is 215 g/mol. The Morgan fingerprint density at radius 3 is 2.13 bits per heavy atom. The van der Waals surface area contributed by atoms with Gasteiger partial charge in [-0.15, -0.1) is 0 Å². The van der Waals surface area contributed by atoms with Crippen molar-refractivity contribution in [1.82, 2.24) is 5.32 Å². The summed E-state index contributed by atoms with van der Waals surface area (Å²) in [5.74, 6) is -1.87. The first-order chi connectivity index (χ1) is 6.93. The zero-order chi connectivity index (χ0) is 12.3. The summed E-state index contributed by atoms with van der Waals surface area (Å²) in [6.07, 6.45) is 2.12. The molecule has 0 fully saturated rings. The van der Waals surface area contributed by atoms with E-state index in [9.17, 15) is 14.4 Å². The molecule has 0 saturated carbocycles. The lowest BCUT2D eigenvalue weighted by Crippen LogP contribution is -2.27. The van der Waals surface area contributed by atoms with Crippen LogP contribution >= 0.6 is 0 Å². The Kier molecular flexibility index (Phi) is 10.2. The number of rotatable bonds is 4. The third-order valence-electron chi connectivity index (χ3n) is 0.849. The van der Waals surface area contributed by atoms with E-state index in [0.717, 1.165) is 12.3 Å². The molecule has 0 aromatic heterocycles. The second-order valence-corrected chi connectivity index (χ2v) is 2.09. The molecule has 2 N–H and O–H groups in total. The largest absolute Gasteiger partial charge is 0.480 e. The fraction of sp³-hybridized carbons (Fsp3) is 0.222.